The summed E-state index contributed by atoms with van der Waals surface area (Å²) >= 11 is 0. The Morgan fingerprint density at radius 2 is 0.510 bits per heavy atom. The summed E-state index contributed by atoms with van der Waals surface area (Å²) in [6, 6.07) is 50.0. The van der Waals surface area contributed by atoms with Gasteiger partial charge in [-0.3, -0.25) is 0 Å². The van der Waals surface area contributed by atoms with Gasteiger partial charge in [-0.1, -0.05) is 146 Å². The molecule has 49 heavy (non-hydrogen) atoms. The third-order valence-electron chi connectivity index (χ3n) is 8.86. The fraction of sp³-hybridized carbons (Fsp3) is 0. The second kappa shape index (κ2) is 12.9. The predicted molar refractivity (Wildman–Crippen MR) is 199 cm³/mol. The largest absolute Gasteiger partial charge is 3.00 e. The van der Waals surface area contributed by atoms with Gasteiger partial charge in [0, 0.05) is 0 Å². The first-order valence-corrected chi connectivity index (χ1v) is 16.1. The zero-order valence-electron chi connectivity index (χ0n) is 26.3. The van der Waals surface area contributed by atoms with E-state index in [1.54, 1.807) is 0 Å². The molecule has 5 heterocycles. The molecule has 0 amide bonds. The van der Waals surface area contributed by atoms with Crippen molar-refractivity contribution >= 4 is 46.4 Å². The van der Waals surface area contributed by atoms with Crippen LogP contribution in [0.15, 0.2) is 146 Å². The summed E-state index contributed by atoms with van der Waals surface area (Å²) in [7, 11) is 0. The van der Waals surface area contributed by atoms with Gasteiger partial charge in [-0.2, -0.15) is 0 Å². The average molecular weight is 669 g/mol. The Hall–Kier alpha value is -6.00. The van der Waals surface area contributed by atoms with E-state index in [0.717, 1.165) is 89.4 Å². The van der Waals surface area contributed by atoms with Crippen molar-refractivity contribution < 1.29 is 17.1 Å². The number of hydrogen-bond donors (Lipinski definition) is 0. The zero-order valence-corrected chi connectivity index (χ0v) is 27.4. The molecule has 0 atom stereocenters. The molecule has 0 spiro atoms. The van der Waals surface area contributed by atoms with E-state index < -0.39 is 0 Å². The van der Waals surface area contributed by atoms with Crippen LogP contribution in [-0.4, -0.2) is 9.97 Å². The molecule has 1 radical (unpaired) electrons. The summed E-state index contributed by atoms with van der Waals surface area (Å²) in [6.45, 7) is 0. The zero-order chi connectivity index (χ0) is 31.9. The quantitative estimate of drug-likeness (QED) is 0.175. The van der Waals surface area contributed by atoms with Gasteiger partial charge >= 0.3 is 17.1 Å². The third kappa shape index (κ3) is 5.55. The van der Waals surface area contributed by atoms with E-state index in [1.165, 1.54) is 0 Å². The van der Waals surface area contributed by atoms with E-state index >= 15 is 0 Å². The minimum Gasteiger partial charge on any atom is -0.657 e. The van der Waals surface area contributed by atoms with E-state index in [4.69, 9.17) is 19.9 Å². The Bertz CT molecular complexity index is 2180. The molecule has 5 heteroatoms. The summed E-state index contributed by atoms with van der Waals surface area (Å²) in [4.78, 5) is 21.2. The van der Waals surface area contributed by atoms with E-state index in [2.05, 4.69) is 146 Å². The molecular formula is C44H28FeN4+. The Kier molecular flexibility index (Phi) is 7.98. The van der Waals surface area contributed by atoms with Gasteiger partial charge in [0.1, 0.15) is 0 Å². The van der Waals surface area contributed by atoms with Crippen molar-refractivity contribution in [2.75, 3.05) is 0 Å². The first-order chi connectivity index (χ1) is 23.8. The second-order valence-corrected chi connectivity index (χ2v) is 11.8. The molecule has 4 nitrogen and oxygen atoms in total. The molecule has 0 saturated heterocycles. The molecule has 231 valence electrons. The maximum Gasteiger partial charge on any atom is 3.00 e. The summed E-state index contributed by atoms with van der Waals surface area (Å²) in [5.41, 5.74) is 15.0. The maximum atomic E-state index is 5.31. The molecule has 7 aromatic rings. The molecule has 0 saturated carbocycles. The molecule has 2 aliphatic rings. The Morgan fingerprint density at radius 3 is 0.735 bits per heavy atom. The van der Waals surface area contributed by atoms with Crippen molar-refractivity contribution in [1.29, 1.82) is 0 Å². The van der Waals surface area contributed by atoms with Crippen LogP contribution in [0, 0.1) is 0 Å². The number of hydrogen-bond acceptors (Lipinski definition) is 2. The molecule has 3 aromatic heterocycles. The van der Waals surface area contributed by atoms with Gasteiger partial charge in [0.15, 0.2) is 0 Å². The normalized spacial score (nSPS) is 11.8. The minimum atomic E-state index is 0. The van der Waals surface area contributed by atoms with E-state index in [1.807, 2.05) is 24.3 Å². The molecule has 0 unspecified atom stereocenters. The molecule has 9 rings (SSSR count). The summed E-state index contributed by atoms with van der Waals surface area (Å²) in [6.07, 6.45) is 8.41. The number of rotatable bonds is 4. The van der Waals surface area contributed by atoms with Gasteiger partial charge in [-0.05, 0) is 68.8 Å². The topological polar surface area (TPSA) is 54.0 Å². The summed E-state index contributed by atoms with van der Waals surface area (Å²) in [5, 5.41) is 0. The smallest absolute Gasteiger partial charge is 0.657 e. The van der Waals surface area contributed by atoms with Crippen LogP contribution >= 0.6 is 0 Å². The Balaban J connectivity index is 0.00000348. The maximum absolute atomic E-state index is 5.31. The number of benzene rings is 4. The number of aromatic nitrogens is 4. The van der Waals surface area contributed by atoms with Crippen molar-refractivity contribution in [2.24, 2.45) is 0 Å². The van der Waals surface area contributed by atoms with Crippen LogP contribution in [0.5, 0.6) is 0 Å². The number of fused-ring (bicyclic) bond motifs is 8. The van der Waals surface area contributed by atoms with Gasteiger partial charge in [-0.15, -0.1) is 22.1 Å². The Labute approximate surface area is 295 Å². The molecule has 8 bridgehead atoms. The molecule has 2 aliphatic heterocycles. The van der Waals surface area contributed by atoms with Crippen LogP contribution in [0.25, 0.3) is 90.9 Å². The van der Waals surface area contributed by atoms with Gasteiger partial charge in [0.05, 0.1) is 22.8 Å². The molecule has 0 fully saturated rings. The first kappa shape index (κ1) is 30.3. The SMILES string of the molecule is C1=Cc2nc1c(-c1ccccc1)c1ccc([n-]1)c(-c1ccccc1)c1nc(c(-c3ccccc3)c3ccc([n-]3)c2-c2ccccc2)C=C1.[Fe+3]. The van der Waals surface area contributed by atoms with Crippen LogP contribution in [0.4, 0.5) is 0 Å². The molecule has 0 aliphatic carbocycles. The predicted octanol–water partition coefficient (Wildman–Crippen LogP) is 10.6. The molecule has 0 N–H and O–H groups in total. The van der Waals surface area contributed by atoms with Crippen LogP contribution in [-0.2, 0) is 17.1 Å². The summed E-state index contributed by atoms with van der Waals surface area (Å²) < 4.78 is 0. The van der Waals surface area contributed by atoms with Crippen molar-refractivity contribution in [1.82, 2.24) is 19.9 Å². The first-order valence-electron chi connectivity index (χ1n) is 16.1. The second-order valence-electron chi connectivity index (χ2n) is 11.8. The number of nitrogens with zero attached hydrogens (tertiary/aromatic N) is 4. The van der Waals surface area contributed by atoms with E-state index in [0.29, 0.717) is 0 Å². The average Bonchev–Trinajstić information content (AvgIpc) is 3.98. The van der Waals surface area contributed by atoms with Gasteiger partial charge in [0.25, 0.3) is 0 Å². The van der Waals surface area contributed by atoms with Crippen LogP contribution in [0.1, 0.15) is 22.8 Å². The van der Waals surface area contributed by atoms with Crippen LogP contribution in [0.3, 0.4) is 0 Å². The fourth-order valence-corrected chi connectivity index (χ4v) is 6.69. The van der Waals surface area contributed by atoms with E-state index in [9.17, 15) is 0 Å². The van der Waals surface area contributed by atoms with Crippen molar-refractivity contribution in [3.05, 3.63) is 168 Å². The Morgan fingerprint density at radius 1 is 0.286 bits per heavy atom. The van der Waals surface area contributed by atoms with Crippen LogP contribution in [0.2, 0.25) is 0 Å². The van der Waals surface area contributed by atoms with E-state index in [-0.39, 0.29) is 17.1 Å². The third-order valence-corrected chi connectivity index (χ3v) is 8.86. The standard InChI is InChI=1S/C44H28N4.Fe/c1-5-13-29(14-6-1)41-33-21-23-35(45-33)42(30-15-7-2-8-16-30)37-25-27-39(47-37)44(32-19-11-4-12-20-32)40-28-26-38(48-40)43(31-17-9-3-10-18-31)36-24-22-34(41)46-36;/h1-28H;/q-2;+3. The fourth-order valence-electron chi connectivity index (χ4n) is 6.69. The van der Waals surface area contributed by atoms with Crippen LogP contribution < -0.4 is 9.97 Å². The van der Waals surface area contributed by atoms with Gasteiger partial charge in [0.2, 0.25) is 0 Å². The van der Waals surface area contributed by atoms with Crippen molar-refractivity contribution in [3.8, 4) is 44.5 Å². The monoisotopic (exact) mass is 668 g/mol. The summed E-state index contributed by atoms with van der Waals surface area (Å²) in [5.74, 6) is 0. The molecule has 4 aromatic carbocycles. The molecular weight excluding hydrogens is 640 g/mol. The van der Waals surface area contributed by atoms with Gasteiger partial charge in [-0.25, -0.2) is 9.97 Å². The minimum absolute atomic E-state index is 0. The van der Waals surface area contributed by atoms with Crippen molar-refractivity contribution in [3.63, 3.8) is 0 Å². The van der Waals surface area contributed by atoms with Crippen molar-refractivity contribution in [2.45, 2.75) is 0 Å². The van der Waals surface area contributed by atoms with Gasteiger partial charge < -0.3 is 9.97 Å².